The predicted molar refractivity (Wildman–Crippen MR) is 81.4 cm³/mol. The molecule has 1 rings (SSSR count). The minimum atomic E-state index is -0.0397. The van der Waals surface area contributed by atoms with E-state index in [1.807, 2.05) is 6.92 Å². The second kappa shape index (κ2) is 9.07. The maximum Gasteiger partial charge on any atom is 0.224 e. The van der Waals surface area contributed by atoms with E-state index in [4.69, 9.17) is 14.2 Å². The van der Waals surface area contributed by atoms with Crippen LogP contribution in [0.1, 0.15) is 12.5 Å². The van der Waals surface area contributed by atoms with Crippen LogP contribution in [-0.2, 0) is 11.2 Å². The predicted octanol–water partition coefficient (Wildman–Crippen LogP) is 0.981. The average molecular weight is 296 g/mol. The van der Waals surface area contributed by atoms with Gasteiger partial charge in [-0.2, -0.15) is 0 Å². The maximum atomic E-state index is 11.9. The largest absolute Gasteiger partial charge is 0.493 e. The van der Waals surface area contributed by atoms with Crippen molar-refractivity contribution in [3.05, 3.63) is 17.7 Å². The van der Waals surface area contributed by atoms with Gasteiger partial charge in [-0.25, -0.2) is 0 Å². The number of rotatable bonds is 9. The van der Waals surface area contributed by atoms with Gasteiger partial charge in [-0.1, -0.05) is 6.92 Å². The van der Waals surface area contributed by atoms with Crippen LogP contribution in [0.5, 0.6) is 17.2 Å². The first kappa shape index (κ1) is 17.1. The summed E-state index contributed by atoms with van der Waals surface area (Å²) in [7, 11) is 4.66. The van der Waals surface area contributed by atoms with E-state index in [1.165, 1.54) is 0 Å². The van der Waals surface area contributed by atoms with Crippen LogP contribution in [-0.4, -0.2) is 46.9 Å². The summed E-state index contributed by atoms with van der Waals surface area (Å²) < 4.78 is 15.8. The topological polar surface area (TPSA) is 68.8 Å². The highest BCUT2D eigenvalue weighted by Gasteiger charge is 2.14. The Balaban J connectivity index is 2.72. The lowest BCUT2D eigenvalue weighted by molar-refractivity contribution is -0.120. The van der Waals surface area contributed by atoms with Crippen LogP contribution >= 0.6 is 0 Å². The number of ether oxygens (including phenoxy) is 3. The lowest BCUT2D eigenvalue weighted by Gasteiger charge is -2.14. The maximum absolute atomic E-state index is 11.9. The van der Waals surface area contributed by atoms with E-state index in [-0.39, 0.29) is 12.3 Å². The van der Waals surface area contributed by atoms with E-state index >= 15 is 0 Å². The van der Waals surface area contributed by atoms with Crippen LogP contribution in [0, 0.1) is 0 Å². The van der Waals surface area contributed by atoms with Gasteiger partial charge in [0.15, 0.2) is 11.5 Å². The standard InChI is InChI=1S/C15H24N2O4/c1-5-16-6-7-17-14(18)10-11-8-12(19-2)15(21-4)13(9-11)20-3/h8-9,16H,5-7,10H2,1-4H3,(H,17,18). The van der Waals surface area contributed by atoms with E-state index in [1.54, 1.807) is 33.5 Å². The summed E-state index contributed by atoms with van der Waals surface area (Å²) in [6.45, 7) is 4.29. The van der Waals surface area contributed by atoms with Crippen molar-refractivity contribution in [3.63, 3.8) is 0 Å². The summed E-state index contributed by atoms with van der Waals surface area (Å²) in [6.07, 6.45) is 0.267. The first-order valence-corrected chi connectivity index (χ1v) is 6.92. The van der Waals surface area contributed by atoms with Crippen molar-refractivity contribution in [1.29, 1.82) is 0 Å². The average Bonchev–Trinajstić information content (AvgIpc) is 2.50. The number of methoxy groups -OCH3 is 3. The Bertz CT molecular complexity index is 438. The Hall–Kier alpha value is -1.95. The first-order chi connectivity index (χ1) is 10.2. The molecule has 2 N–H and O–H groups in total. The van der Waals surface area contributed by atoms with Crippen LogP contribution in [0.15, 0.2) is 12.1 Å². The molecule has 118 valence electrons. The monoisotopic (exact) mass is 296 g/mol. The summed E-state index contributed by atoms with van der Waals surface area (Å²) in [5, 5.41) is 6.00. The molecule has 0 unspecified atom stereocenters. The number of carbonyl (C=O) groups excluding carboxylic acids is 1. The number of benzene rings is 1. The molecule has 1 aromatic carbocycles. The first-order valence-electron chi connectivity index (χ1n) is 6.92. The normalized spacial score (nSPS) is 10.1. The molecule has 1 amide bonds. The summed E-state index contributed by atoms with van der Waals surface area (Å²) in [4.78, 5) is 11.9. The van der Waals surface area contributed by atoms with Crippen LogP contribution in [0.4, 0.5) is 0 Å². The van der Waals surface area contributed by atoms with E-state index in [0.29, 0.717) is 23.8 Å². The number of hydrogen-bond acceptors (Lipinski definition) is 5. The highest BCUT2D eigenvalue weighted by Crippen LogP contribution is 2.38. The molecule has 1 aromatic rings. The third kappa shape index (κ3) is 5.15. The van der Waals surface area contributed by atoms with Gasteiger partial charge >= 0.3 is 0 Å². The molecular weight excluding hydrogens is 272 g/mol. The van der Waals surface area contributed by atoms with Gasteiger partial charge in [0.2, 0.25) is 11.7 Å². The Kier molecular flexibility index (Phi) is 7.39. The van der Waals surface area contributed by atoms with Crippen molar-refractivity contribution < 1.29 is 19.0 Å². The molecule has 0 radical (unpaired) electrons. The fourth-order valence-electron chi connectivity index (χ4n) is 1.95. The minimum Gasteiger partial charge on any atom is -0.493 e. The summed E-state index contributed by atoms with van der Waals surface area (Å²) in [5.74, 6) is 1.58. The molecule has 0 saturated heterocycles. The molecule has 0 heterocycles. The molecule has 0 bridgehead atoms. The fraction of sp³-hybridized carbons (Fsp3) is 0.533. The quantitative estimate of drug-likeness (QED) is 0.665. The zero-order valence-electron chi connectivity index (χ0n) is 13.1. The molecule has 6 nitrogen and oxygen atoms in total. The lowest BCUT2D eigenvalue weighted by Crippen LogP contribution is -2.32. The summed E-state index contributed by atoms with van der Waals surface area (Å²) in [6, 6.07) is 3.57. The highest BCUT2D eigenvalue weighted by atomic mass is 16.5. The fourth-order valence-corrected chi connectivity index (χ4v) is 1.95. The van der Waals surface area contributed by atoms with Crippen molar-refractivity contribution in [2.45, 2.75) is 13.3 Å². The van der Waals surface area contributed by atoms with Crippen molar-refractivity contribution >= 4 is 5.91 Å². The molecule has 0 aliphatic heterocycles. The van der Waals surface area contributed by atoms with Crippen LogP contribution < -0.4 is 24.8 Å². The van der Waals surface area contributed by atoms with Gasteiger partial charge in [-0.3, -0.25) is 4.79 Å². The summed E-state index contributed by atoms with van der Waals surface area (Å²) >= 11 is 0. The van der Waals surface area contributed by atoms with E-state index in [0.717, 1.165) is 18.7 Å². The second-order valence-electron chi connectivity index (χ2n) is 4.41. The van der Waals surface area contributed by atoms with Crippen molar-refractivity contribution in [2.24, 2.45) is 0 Å². The van der Waals surface area contributed by atoms with Gasteiger partial charge in [0.05, 0.1) is 27.8 Å². The summed E-state index contributed by atoms with van der Waals surface area (Å²) in [5.41, 5.74) is 0.811. The minimum absolute atomic E-state index is 0.0397. The number of likely N-dealkylation sites (N-methyl/N-ethyl adjacent to an activating group) is 1. The smallest absolute Gasteiger partial charge is 0.224 e. The molecule has 0 aromatic heterocycles. The van der Waals surface area contributed by atoms with Gasteiger partial charge in [0.1, 0.15) is 0 Å². The van der Waals surface area contributed by atoms with Crippen molar-refractivity contribution in [1.82, 2.24) is 10.6 Å². The van der Waals surface area contributed by atoms with Gasteiger partial charge < -0.3 is 24.8 Å². The number of nitrogens with one attached hydrogen (secondary N) is 2. The molecule has 0 fully saturated rings. The SMILES string of the molecule is CCNCCNC(=O)Cc1cc(OC)c(OC)c(OC)c1. The Labute approximate surface area is 125 Å². The lowest BCUT2D eigenvalue weighted by atomic mass is 10.1. The van der Waals surface area contributed by atoms with Crippen molar-refractivity contribution in [2.75, 3.05) is 41.0 Å². The molecule has 21 heavy (non-hydrogen) atoms. The number of amides is 1. The molecule has 0 saturated carbocycles. The zero-order valence-corrected chi connectivity index (χ0v) is 13.1. The molecule has 6 heteroatoms. The van der Waals surface area contributed by atoms with Gasteiger partial charge in [-0.15, -0.1) is 0 Å². The third-order valence-electron chi connectivity index (χ3n) is 2.96. The van der Waals surface area contributed by atoms with Crippen molar-refractivity contribution in [3.8, 4) is 17.2 Å². The molecular formula is C15H24N2O4. The number of carbonyl (C=O) groups is 1. The molecule has 0 spiro atoms. The number of hydrogen-bond donors (Lipinski definition) is 2. The Morgan fingerprint density at radius 1 is 1.05 bits per heavy atom. The Morgan fingerprint density at radius 2 is 1.67 bits per heavy atom. The van der Waals surface area contributed by atoms with Crippen LogP contribution in [0.25, 0.3) is 0 Å². The van der Waals surface area contributed by atoms with Gasteiger partial charge in [-0.05, 0) is 24.2 Å². The molecule has 0 aliphatic carbocycles. The highest BCUT2D eigenvalue weighted by molar-refractivity contribution is 5.79. The second-order valence-corrected chi connectivity index (χ2v) is 4.41. The molecule has 0 atom stereocenters. The van der Waals surface area contributed by atoms with Crippen LogP contribution in [0.2, 0.25) is 0 Å². The van der Waals surface area contributed by atoms with E-state index < -0.39 is 0 Å². The third-order valence-corrected chi connectivity index (χ3v) is 2.96. The Morgan fingerprint density at radius 3 is 2.14 bits per heavy atom. The van der Waals surface area contributed by atoms with E-state index in [9.17, 15) is 4.79 Å². The van der Waals surface area contributed by atoms with Gasteiger partial charge in [0.25, 0.3) is 0 Å². The van der Waals surface area contributed by atoms with Gasteiger partial charge in [0, 0.05) is 13.1 Å². The van der Waals surface area contributed by atoms with E-state index in [2.05, 4.69) is 10.6 Å². The van der Waals surface area contributed by atoms with Crippen LogP contribution in [0.3, 0.4) is 0 Å². The zero-order chi connectivity index (χ0) is 15.7. The molecule has 0 aliphatic rings.